The van der Waals surface area contributed by atoms with Crippen LogP contribution in [0.4, 0.5) is 5.69 Å². The maximum absolute atomic E-state index is 5.51. The van der Waals surface area contributed by atoms with E-state index in [-0.39, 0.29) is 0 Å². The maximum atomic E-state index is 5.51. The molecule has 1 aromatic heterocycles. The van der Waals surface area contributed by atoms with Crippen molar-refractivity contribution in [2.45, 2.75) is 39.8 Å². The molecule has 1 aromatic carbocycles. The van der Waals surface area contributed by atoms with Gasteiger partial charge in [-0.15, -0.1) is 0 Å². The number of pyridine rings is 1. The van der Waals surface area contributed by atoms with Gasteiger partial charge in [0.05, 0.1) is 19.3 Å². The molecule has 150 valence electrons. The van der Waals surface area contributed by atoms with Gasteiger partial charge in [0.15, 0.2) is 5.96 Å². The van der Waals surface area contributed by atoms with E-state index in [2.05, 4.69) is 57.8 Å². The number of guanidine groups is 1. The van der Waals surface area contributed by atoms with Crippen LogP contribution in [0.1, 0.15) is 30.2 Å². The Hall–Kier alpha value is -2.76. The van der Waals surface area contributed by atoms with Crippen LogP contribution in [0.3, 0.4) is 0 Å². The number of hydrogen-bond acceptors (Lipinski definition) is 4. The molecule has 1 saturated heterocycles. The van der Waals surface area contributed by atoms with E-state index in [1.54, 1.807) is 7.11 Å². The zero-order valence-corrected chi connectivity index (χ0v) is 17.3. The summed E-state index contributed by atoms with van der Waals surface area (Å²) in [5.74, 6) is 1.73. The van der Waals surface area contributed by atoms with Crippen LogP contribution < -0.4 is 20.3 Å². The second kappa shape index (κ2) is 9.44. The predicted octanol–water partition coefficient (Wildman–Crippen LogP) is 3.04. The van der Waals surface area contributed by atoms with Crippen molar-refractivity contribution >= 4 is 11.6 Å². The number of anilines is 1. The molecule has 1 fully saturated rings. The average Bonchev–Trinajstić information content (AvgIpc) is 3.17. The Morgan fingerprint density at radius 2 is 2.07 bits per heavy atom. The fraction of sp³-hybridized carbons (Fsp3) is 0.455. The molecule has 2 N–H and O–H groups in total. The molecule has 2 heterocycles. The Bertz CT molecular complexity index is 806. The van der Waals surface area contributed by atoms with E-state index in [4.69, 9.17) is 9.73 Å². The van der Waals surface area contributed by atoms with Crippen molar-refractivity contribution in [2.75, 3.05) is 31.6 Å². The molecule has 1 aliphatic rings. The number of nitrogens with zero attached hydrogens (tertiary/aromatic N) is 3. The van der Waals surface area contributed by atoms with Crippen LogP contribution in [0.25, 0.3) is 0 Å². The third-order valence-corrected chi connectivity index (χ3v) is 5.13. The van der Waals surface area contributed by atoms with Gasteiger partial charge in [-0.1, -0.05) is 18.2 Å². The molecule has 0 radical (unpaired) electrons. The molecule has 1 aliphatic heterocycles. The number of benzene rings is 1. The van der Waals surface area contributed by atoms with Crippen molar-refractivity contribution < 1.29 is 4.74 Å². The number of para-hydroxylation sites is 1. The molecular formula is C22H31N5O. The highest BCUT2D eigenvalue weighted by Crippen LogP contribution is 2.24. The van der Waals surface area contributed by atoms with E-state index in [0.29, 0.717) is 12.6 Å². The number of ether oxygens (including phenoxy) is 1. The SMILES string of the molecule is CCNC(=NCc1ncc(C)c(OC)c1C)NC1CCN(c2ccccc2)C1. The molecule has 0 saturated carbocycles. The number of aliphatic imine (C=N–C) groups is 1. The number of methoxy groups -OCH3 is 1. The quantitative estimate of drug-likeness (QED) is 0.595. The molecule has 1 unspecified atom stereocenters. The van der Waals surface area contributed by atoms with Gasteiger partial charge in [0.25, 0.3) is 0 Å². The van der Waals surface area contributed by atoms with Crippen LogP contribution in [-0.4, -0.2) is 43.7 Å². The average molecular weight is 382 g/mol. The van der Waals surface area contributed by atoms with Gasteiger partial charge in [0, 0.05) is 48.7 Å². The van der Waals surface area contributed by atoms with Gasteiger partial charge < -0.3 is 20.3 Å². The smallest absolute Gasteiger partial charge is 0.191 e. The summed E-state index contributed by atoms with van der Waals surface area (Å²) in [6.45, 7) is 9.51. The minimum atomic E-state index is 0.375. The zero-order valence-electron chi connectivity index (χ0n) is 17.3. The Labute approximate surface area is 168 Å². The molecule has 0 spiro atoms. The van der Waals surface area contributed by atoms with Gasteiger partial charge in [-0.05, 0) is 39.3 Å². The van der Waals surface area contributed by atoms with Crippen LogP contribution in [0, 0.1) is 13.8 Å². The molecule has 0 amide bonds. The van der Waals surface area contributed by atoms with Gasteiger partial charge >= 0.3 is 0 Å². The highest BCUT2D eigenvalue weighted by atomic mass is 16.5. The summed E-state index contributed by atoms with van der Waals surface area (Å²) in [4.78, 5) is 11.7. The van der Waals surface area contributed by atoms with Crippen LogP contribution >= 0.6 is 0 Å². The van der Waals surface area contributed by atoms with E-state index < -0.39 is 0 Å². The summed E-state index contributed by atoms with van der Waals surface area (Å²) in [6.07, 6.45) is 2.95. The number of rotatable bonds is 6. The highest BCUT2D eigenvalue weighted by Gasteiger charge is 2.23. The molecule has 1 atom stereocenters. The molecule has 3 rings (SSSR count). The summed E-state index contributed by atoms with van der Waals surface area (Å²) in [5, 5.41) is 6.94. The monoisotopic (exact) mass is 381 g/mol. The first-order valence-corrected chi connectivity index (χ1v) is 9.96. The Kier molecular flexibility index (Phi) is 6.74. The molecular weight excluding hydrogens is 350 g/mol. The molecule has 0 bridgehead atoms. The van der Waals surface area contributed by atoms with Gasteiger partial charge in [0.2, 0.25) is 0 Å². The van der Waals surface area contributed by atoms with E-state index in [1.807, 2.05) is 20.0 Å². The normalized spacial score (nSPS) is 16.9. The van der Waals surface area contributed by atoms with E-state index in [1.165, 1.54) is 5.69 Å². The molecule has 2 aromatic rings. The lowest BCUT2D eigenvalue weighted by Crippen LogP contribution is -2.44. The minimum Gasteiger partial charge on any atom is -0.496 e. The van der Waals surface area contributed by atoms with Crippen molar-refractivity contribution in [1.29, 1.82) is 0 Å². The second-order valence-corrected chi connectivity index (χ2v) is 7.15. The van der Waals surface area contributed by atoms with Crippen molar-refractivity contribution in [2.24, 2.45) is 4.99 Å². The summed E-state index contributed by atoms with van der Waals surface area (Å²) in [7, 11) is 1.70. The van der Waals surface area contributed by atoms with Crippen molar-refractivity contribution in [1.82, 2.24) is 15.6 Å². The lowest BCUT2D eigenvalue weighted by molar-refractivity contribution is 0.407. The minimum absolute atomic E-state index is 0.375. The van der Waals surface area contributed by atoms with Gasteiger partial charge in [0.1, 0.15) is 5.75 Å². The first-order chi connectivity index (χ1) is 13.6. The van der Waals surface area contributed by atoms with Crippen LogP contribution in [0.15, 0.2) is 41.5 Å². The van der Waals surface area contributed by atoms with Crippen LogP contribution in [0.5, 0.6) is 5.75 Å². The highest BCUT2D eigenvalue weighted by molar-refractivity contribution is 5.80. The fourth-order valence-corrected chi connectivity index (χ4v) is 3.65. The van der Waals surface area contributed by atoms with E-state index in [9.17, 15) is 0 Å². The van der Waals surface area contributed by atoms with Crippen LogP contribution in [-0.2, 0) is 6.54 Å². The lowest BCUT2D eigenvalue weighted by atomic mass is 10.1. The number of aromatic nitrogens is 1. The van der Waals surface area contributed by atoms with E-state index >= 15 is 0 Å². The summed E-state index contributed by atoms with van der Waals surface area (Å²) in [6, 6.07) is 10.9. The largest absolute Gasteiger partial charge is 0.496 e. The maximum Gasteiger partial charge on any atom is 0.191 e. The molecule has 28 heavy (non-hydrogen) atoms. The Balaban J connectivity index is 1.65. The number of aryl methyl sites for hydroxylation is 1. The summed E-state index contributed by atoms with van der Waals surface area (Å²) < 4.78 is 5.51. The topological polar surface area (TPSA) is 61.8 Å². The first kappa shape index (κ1) is 20.0. The van der Waals surface area contributed by atoms with Gasteiger partial charge in [-0.2, -0.15) is 0 Å². The first-order valence-electron chi connectivity index (χ1n) is 9.96. The zero-order chi connectivity index (χ0) is 19.9. The van der Waals surface area contributed by atoms with Gasteiger partial charge in [-0.25, -0.2) is 4.99 Å². The van der Waals surface area contributed by atoms with E-state index in [0.717, 1.165) is 54.6 Å². The Morgan fingerprint density at radius 3 is 2.79 bits per heavy atom. The van der Waals surface area contributed by atoms with Crippen molar-refractivity contribution in [3.63, 3.8) is 0 Å². The predicted molar refractivity (Wildman–Crippen MR) is 115 cm³/mol. The van der Waals surface area contributed by atoms with Crippen molar-refractivity contribution in [3.05, 3.63) is 53.3 Å². The molecule has 6 heteroatoms. The fourth-order valence-electron chi connectivity index (χ4n) is 3.65. The van der Waals surface area contributed by atoms with Gasteiger partial charge in [-0.3, -0.25) is 4.98 Å². The third-order valence-electron chi connectivity index (χ3n) is 5.13. The number of hydrogen-bond donors (Lipinski definition) is 2. The number of nitrogens with one attached hydrogen (secondary N) is 2. The molecule has 6 nitrogen and oxygen atoms in total. The second-order valence-electron chi connectivity index (χ2n) is 7.15. The standard InChI is InChI=1S/C22H31N5O/c1-5-23-22(25-14-20-17(3)21(28-4)16(2)13-24-20)26-18-11-12-27(15-18)19-9-7-6-8-10-19/h6-10,13,18H,5,11-12,14-15H2,1-4H3,(H2,23,25,26). The summed E-state index contributed by atoms with van der Waals surface area (Å²) in [5.41, 5.74) is 4.32. The van der Waals surface area contributed by atoms with Crippen LogP contribution in [0.2, 0.25) is 0 Å². The molecule has 0 aliphatic carbocycles. The Morgan fingerprint density at radius 1 is 1.29 bits per heavy atom. The van der Waals surface area contributed by atoms with Crippen molar-refractivity contribution in [3.8, 4) is 5.75 Å². The lowest BCUT2D eigenvalue weighted by Gasteiger charge is -2.20. The summed E-state index contributed by atoms with van der Waals surface area (Å²) >= 11 is 0. The third kappa shape index (κ3) is 4.74.